The van der Waals surface area contributed by atoms with Crippen LogP contribution in [0, 0.1) is 3.57 Å². The Kier molecular flexibility index (Phi) is 8.79. The van der Waals surface area contributed by atoms with Gasteiger partial charge in [-0.3, -0.25) is 9.69 Å². The average Bonchev–Trinajstić information content (AvgIpc) is 3.04. The summed E-state index contributed by atoms with van der Waals surface area (Å²) in [5.41, 5.74) is 1.94. The first-order valence-electron chi connectivity index (χ1n) is 10.5. The van der Waals surface area contributed by atoms with Crippen molar-refractivity contribution in [2.45, 2.75) is 20.8 Å². The van der Waals surface area contributed by atoms with Crippen molar-refractivity contribution < 1.29 is 23.8 Å². The van der Waals surface area contributed by atoms with Gasteiger partial charge in [-0.05, 0) is 103 Å². The second kappa shape index (κ2) is 11.6. The van der Waals surface area contributed by atoms with Crippen LogP contribution < -0.4 is 9.47 Å². The number of rotatable bonds is 8. The summed E-state index contributed by atoms with van der Waals surface area (Å²) >= 11 is 3.50. The van der Waals surface area contributed by atoms with Gasteiger partial charge in [-0.15, -0.1) is 0 Å². The van der Waals surface area contributed by atoms with E-state index in [9.17, 15) is 9.59 Å². The monoisotopic (exact) mass is 580 g/mol. The van der Waals surface area contributed by atoms with Crippen LogP contribution in [-0.2, 0) is 9.53 Å². The fourth-order valence-electron chi connectivity index (χ4n) is 3.02. The van der Waals surface area contributed by atoms with Crippen LogP contribution in [0.5, 0.6) is 11.5 Å². The topological polar surface area (TPSA) is 77.4 Å². The molecule has 1 heterocycles. The average molecular weight is 580 g/mol. The molecule has 0 radical (unpaired) electrons. The molecule has 0 bridgehead atoms. The van der Waals surface area contributed by atoms with Crippen molar-refractivity contribution in [1.29, 1.82) is 0 Å². The Morgan fingerprint density at radius 2 is 1.79 bits per heavy atom. The molecule has 1 amide bonds. The molecule has 1 fully saturated rings. The zero-order valence-corrected chi connectivity index (χ0v) is 21.9. The highest BCUT2D eigenvalue weighted by Gasteiger charge is 2.30. The number of carbonyl (C=O) groups is 2. The molecule has 1 saturated heterocycles. The molecule has 2 aromatic carbocycles. The number of benzene rings is 2. The molecule has 33 heavy (non-hydrogen) atoms. The van der Waals surface area contributed by atoms with E-state index in [-0.39, 0.29) is 11.9 Å². The van der Waals surface area contributed by atoms with Gasteiger partial charge in [-0.25, -0.2) is 9.79 Å². The van der Waals surface area contributed by atoms with Crippen LogP contribution in [-0.4, -0.2) is 48.8 Å². The van der Waals surface area contributed by atoms with Gasteiger partial charge in [0.15, 0.2) is 16.7 Å². The summed E-state index contributed by atoms with van der Waals surface area (Å²) in [6.45, 7) is 6.98. The van der Waals surface area contributed by atoms with Crippen LogP contribution in [0.1, 0.15) is 36.7 Å². The third-order valence-corrected chi connectivity index (χ3v) is 6.39. The van der Waals surface area contributed by atoms with Crippen LogP contribution in [0.15, 0.2) is 46.3 Å². The maximum Gasteiger partial charge on any atom is 0.338 e. The number of aliphatic imine (C=N–C) groups is 1. The number of likely N-dealkylation sites (N-methyl/N-ethyl adjacent to an activating group) is 1. The Bertz CT molecular complexity index is 1100. The number of amides is 1. The molecule has 0 spiro atoms. The number of thioether (sulfide) groups is 1. The van der Waals surface area contributed by atoms with E-state index in [0.29, 0.717) is 52.6 Å². The number of hydrogen-bond donors (Lipinski definition) is 0. The van der Waals surface area contributed by atoms with Gasteiger partial charge in [0.25, 0.3) is 5.91 Å². The zero-order valence-electron chi connectivity index (χ0n) is 18.9. The lowest BCUT2D eigenvalue weighted by Crippen LogP contribution is -2.23. The van der Waals surface area contributed by atoms with Crippen LogP contribution >= 0.6 is 34.4 Å². The largest absolute Gasteiger partial charge is 0.490 e. The third-order valence-electron chi connectivity index (χ3n) is 4.52. The van der Waals surface area contributed by atoms with E-state index in [1.165, 1.54) is 16.7 Å². The van der Waals surface area contributed by atoms with Crippen molar-refractivity contribution in [1.82, 2.24) is 4.90 Å². The Balaban J connectivity index is 1.85. The Hall–Kier alpha value is -2.53. The maximum absolute atomic E-state index is 12.8. The first-order chi connectivity index (χ1) is 15.9. The van der Waals surface area contributed by atoms with E-state index < -0.39 is 0 Å². The minimum absolute atomic E-state index is 0.135. The molecular formula is C24H25IN2O5S. The number of ether oxygens (including phenoxy) is 3. The molecule has 7 nitrogen and oxygen atoms in total. The smallest absolute Gasteiger partial charge is 0.338 e. The highest BCUT2D eigenvalue weighted by atomic mass is 127. The predicted molar refractivity (Wildman–Crippen MR) is 139 cm³/mol. The van der Waals surface area contributed by atoms with E-state index in [0.717, 1.165) is 9.13 Å². The predicted octanol–water partition coefficient (Wildman–Crippen LogP) is 5.50. The SMILES string of the molecule is CCOC(=O)c1ccc(N=C2SC(=Cc3cc(I)c(OCC)c(OCC)c3)C(=O)N2C)cc1. The molecule has 9 heteroatoms. The van der Waals surface area contributed by atoms with E-state index in [1.54, 1.807) is 38.2 Å². The number of halogens is 1. The fraction of sp³-hybridized carbons (Fsp3) is 0.292. The lowest BCUT2D eigenvalue weighted by Gasteiger charge is -2.13. The van der Waals surface area contributed by atoms with Crippen LogP contribution in [0.3, 0.4) is 0 Å². The van der Waals surface area contributed by atoms with Crippen LogP contribution in [0.2, 0.25) is 0 Å². The van der Waals surface area contributed by atoms with E-state index in [1.807, 2.05) is 32.1 Å². The van der Waals surface area contributed by atoms with Crippen molar-refractivity contribution in [3.05, 3.63) is 56.0 Å². The quantitative estimate of drug-likeness (QED) is 0.233. The highest BCUT2D eigenvalue weighted by molar-refractivity contribution is 14.1. The third kappa shape index (κ3) is 6.08. The molecule has 0 unspecified atom stereocenters. The van der Waals surface area contributed by atoms with E-state index in [2.05, 4.69) is 27.6 Å². The lowest BCUT2D eigenvalue weighted by atomic mass is 10.2. The van der Waals surface area contributed by atoms with Gasteiger partial charge in [0.1, 0.15) is 0 Å². The second-order valence-electron chi connectivity index (χ2n) is 6.83. The zero-order chi connectivity index (χ0) is 24.0. The van der Waals surface area contributed by atoms with Crippen molar-refractivity contribution in [2.24, 2.45) is 4.99 Å². The van der Waals surface area contributed by atoms with E-state index in [4.69, 9.17) is 14.2 Å². The maximum atomic E-state index is 12.8. The number of hydrogen-bond acceptors (Lipinski definition) is 7. The minimum Gasteiger partial charge on any atom is -0.490 e. The van der Waals surface area contributed by atoms with Gasteiger partial charge < -0.3 is 14.2 Å². The van der Waals surface area contributed by atoms with Crippen molar-refractivity contribution >= 4 is 63.2 Å². The van der Waals surface area contributed by atoms with Crippen molar-refractivity contribution in [2.75, 3.05) is 26.9 Å². The van der Waals surface area contributed by atoms with Gasteiger partial charge in [-0.2, -0.15) is 0 Å². The highest BCUT2D eigenvalue weighted by Crippen LogP contribution is 2.37. The summed E-state index contributed by atoms with van der Waals surface area (Å²) in [4.78, 5) is 31.3. The summed E-state index contributed by atoms with van der Waals surface area (Å²) in [6.07, 6.45) is 1.83. The lowest BCUT2D eigenvalue weighted by molar-refractivity contribution is -0.121. The number of nitrogens with zero attached hydrogens (tertiary/aromatic N) is 2. The van der Waals surface area contributed by atoms with Gasteiger partial charge >= 0.3 is 5.97 Å². The van der Waals surface area contributed by atoms with Gasteiger partial charge in [-0.1, -0.05) is 0 Å². The molecule has 0 saturated carbocycles. The molecule has 1 aliphatic rings. The number of amidine groups is 1. The first-order valence-corrected chi connectivity index (χ1v) is 12.4. The van der Waals surface area contributed by atoms with Crippen LogP contribution in [0.4, 0.5) is 5.69 Å². The molecule has 0 aliphatic carbocycles. The Morgan fingerprint density at radius 3 is 2.42 bits per heavy atom. The standard InChI is InChI=1S/C24H25IN2O5S/c1-5-30-19-13-15(12-18(25)21(19)31-6-2)14-20-22(28)27(4)24(33-20)26-17-10-8-16(9-11-17)23(29)32-7-3/h8-14H,5-7H2,1-4H3. The summed E-state index contributed by atoms with van der Waals surface area (Å²) in [5.74, 6) is 0.847. The first kappa shape index (κ1) is 25.1. The molecule has 1 aliphatic heterocycles. The number of esters is 1. The van der Waals surface area contributed by atoms with Gasteiger partial charge in [0, 0.05) is 7.05 Å². The summed E-state index contributed by atoms with van der Waals surface area (Å²) in [5, 5.41) is 0.556. The molecule has 0 N–H and O–H groups in total. The molecule has 0 atom stereocenters. The molecule has 0 aromatic heterocycles. The van der Waals surface area contributed by atoms with Gasteiger partial charge in [0.2, 0.25) is 0 Å². The van der Waals surface area contributed by atoms with Gasteiger partial charge in [0.05, 0.1) is 39.5 Å². The van der Waals surface area contributed by atoms with Crippen molar-refractivity contribution in [3.8, 4) is 11.5 Å². The van der Waals surface area contributed by atoms with Crippen LogP contribution in [0.25, 0.3) is 6.08 Å². The molecule has 3 rings (SSSR count). The second-order valence-corrected chi connectivity index (χ2v) is 9.00. The minimum atomic E-state index is -0.374. The normalized spacial score (nSPS) is 15.9. The summed E-state index contributed by atoms with van der Waals surface area (Å²) < 4.78 is 17.4. The fourth-order valence-corrected chi connectivity index (χ4v) is 4.79. The molecule has 174 valence electrons. The number of carbonyl (C=O) groups excluding carboxylic acids is 2. The Morgan fingerprint density at radius 1 is 1.09 bits per heavy atom. The van der Waals surface area contributed by atoms with Crippen molar-refractivity contribution in [3.63, 3.8) is 0 Å². The summed E-state index contributed by atoms with van der Waals surface area (Å²) in [6, 6.07) is 10.6. The molecule has 2 aromatic rings. The summed E-state index contributed by atoms with van der Waals surface area (Å²) in [7, 11) is 1.69. The molecular weight excluding hydrogens is 555 g/mol. The Labute approximate surface area is 211 Å². The van der Waals surface area contributed by atoms with E-state index >= 15 is 0 Å².